The minimum atomic E-state index is 0.000723. The van der Waals surface area contributed by atoms with E-state index in [4.69, 9.17) is 11.6 Å². The van der Waals surface area contributed by atoms with Crippen molar-refractivity contribution < 1.29 is 4.79 Å². The number of anilines is 1. The normalized spacial score (nSPS) is 15.3. The fourth-order valence-electron chi connectivity index (χ4n) is 2.87. The number of nitrogens with zero attached hydrogens (tertiary/aromatic N) is 4. The summed E-state index contributed by atoms with van der Waals surface area (Å²) < 4.78 is 1.97. The van der Waals surface area contributed by atoms with Crippen molar-refractivity contribution in [3.05, 3.63) is 29.3 Å². The predicted octanol–water partition coefficient (Wildman–Crippen LogP) is 3.53. The summed E-state index contributed by atoms with van der Waals surface area (Å²) in [5.74, 6) is 1.09. The van der Waals surface area contributed by atoms with Gasteiger partial charge in [-0.15, -0.1) is 10.2 Å². The van der Waals surface area contributed by atoms with Gasteiger partial charge in [0, 0.05) is 19.1 Å². The average molecular weight is 394 g/mol. The zero-order valence-electron chi connectivity index (χ0n) is 15.1. The van der Waals surface area contributed by atoms with Crippen LogP contribution in [-0.4, -0.2) is 45.6 Å². The summed E-state index contributed by atoms with van der Waals surface area (Å²) in [5.41, 5.74) is 0.839. The van der Waals surface area contributed by atoms with Crippen LogP contribution in [0, 0.1) is 0 Å². The van der Waals surface area contributed by atoms with Crippen LogP contribution in [0.5, 0.6) is 0 Å². The molecule has 8 heteroatoms. The summed E-state index contributed by atoms with van der Waals surface area (Å²) in [4.78, 5) is 14.4. The highest BCUT2D eigenvalue weighted by Crippen LogP contribution is 2.31. The second kappa shape index (κ2) is 8.77. The highest BCUT2D eigenvalue weighted by molar-refractivity contribution is 7.99. The third-order valence-electron chi connectivity index (χ3n) is 4.45. The summed E-state index contributed by atoms with van der Waals surface area (Å²) in [5, 5.41) is 13.0. The molecule has 6 nitrogen and oxygen atoms in total. The van der Waals surface area contributed by atoms with Crippen LogP contribution in [0.4, 0.5) is 5.95 Å². The molecule has 2 aromatic rings. The van der Waals surface area contributed by atoms with Gasteiger partial charge in [0.2, 0.25) is 11.9 Å². The molecule has 26 heavy (non-hydrogen) atoms. The van der Waals surface area contributed by atoms with E-state index >= 15 is 0 Å². The van der Waals surface area contributed by atoms with Gasteiger partial charge in [0.15, 0.2) is 5.16 Å². The SMILES string of the molecule is CC[C@@H](C)NC(=O)CSc1nnc(N2CCCC2)n1-c1ccccc1Cl. The Labute approximate surface area is 163 Å². The van der Waals surface area contributed by atoms with Crippen LogP contribution in [0.25, 0.3) is 5.69 Å². The summed E-state index contributed by atoms with van der Waals surface area (Å²) in [6.07, 6.45) is 3.20. The fraction of sp³-hybridized carbons (Fsp3) is 0.500. The Morgan fingerprint density at radius 3 is 2.73 bits per heavy atom. The van der Waals surface area contributed by atoms with E-state index in [1.54, 1.807) is 0 Å². The fourth-order valence-corrected chi connectivity index (χ4v) is 3.84. The van der Waals surface area contributed by atoms with Crippen LogP contribution in [0.3, 0.4) is 0 Å². The van der Waals surface area contributed by atoms with Crippen LogP contribution in [-0.2, 0) is 4.79 Å². The Morgan fingerprint density at radius 2 is 2.04 bits per heavy atom. The largest absolute Gasteiger partial charge is 0.353 e. The minimum absolute atomic E-state index is 0.000723. The van der Waals surface area contributed by atoms with Crippen molar-refractivity contribution in [3.8, 4) is 5.69 Å². The van der Waals surface area contributed by atoms with E-state index in [1.807, 2.05) is 35.8 Å². The van der Waals surface area contributed by atoms with Gasteiger partial charge in [-0.3, -0.25) is 9.36 Å². The molecule has 0 aliphatic carbocycles. The maximum atomic E-state index is 12.1. The third kappa shape index (κ3) is 4.32. The van der Waals surface area contributed by atoms with Gasteiger partial charge in [0.05, 0.1) is 16.5 Å². The molecule has 1 saturated heterocycles. The Hall–Kier alpha value is -1.73. The lowest BCUT2D eigenvalue weighted by atomic mass is 10.3. The first kappa shape index (κ1) is 19.0. The molecule has 1 fully saturated rings. The van der Waals surface area contributed by atoms with E-state index in [-0.39, 0.29) is 11.9 Å². The lowest BCUT2D eigenvalue weighted by Crippen LogP contribution is -2.33. The third-order valence-corrected chi connectivity index (χ3v) is 5.70. The first-order chi connectivity index (χ1) is 12.6. The molecule has 1 atom stereocenters. The van der Waals surface area contributed by atoms with E-state index in [2.05, 4.69) is 27.3 Å². The second-order valence-corrected chi connectivity index (χ2v) is 7.78. The van der Waals surface area contributed by atoms with Gasteiger partial charge >= 0.3 is 0 Å². The van der Waals surface area contributed by atoms with E-state index < -0.39 is 0 Å². The van der Waals surface area contributed by atoms with Crippen molar-refractivity contribution in [2.45, 2.75) is 44.3 Å². The summed E-state index contributed by atoms with van der Waals surface area (Å²) >= 11 is 7.82. The molecule has 1 aromatic heterocycles. The van der Waals surface area contributed by atoms with Gasteiger partial charge in [-0.1, -0.05) is 42.4 Å². The molecule has 140 valence electrons. The van der Waals surface area contributed by atoms with Gasteiger partial charge in [-0.25, -0.2) is 0 Å². The van der Waals surface area contributed by atoms with Crippen LogP contribution in [0.1, 0.15) is 33.1 Å². The number of carbonyl (C=O) groups is 1. The second-order valence-electron chi connectivity index (χ2n) is 6.43. The molecule has 1 N–H and O–H groups in total. The highest BCUT2D eigenvalue weighted by atomic mass is 35.5. The maximum absolute atomic E-state index is 12.1. The average Bonchev–Trinajstić information content (AvgIpc) is 3.29. The van der Waals surface area contributed by atoms with Crippen molar-refractivity contribution in [1.29, 1.82) is 0 Å². The molecule has 1 amide bonds. The number of rotatable bonds is 7. The van der Waals surface area contributed by atoms with Gasteiger partial charge in [0.25, 0.3) is 0 Å². The van der Waals surface area contributed by atoms with Crippen molar-refractivity contribution in [2.75, 3.05) is 23.7 Å². The number of carbonyl (C=O) groups excluding carboxylic acids is 1. The van der Waals surface area contributed by atoms with E-state index in [9.17, 15) is 4.79 Å². The molecule has 0 radical (unpaired) electrons. The molecule has 1 aromatic carbocycles. The Kier molecular flexibility index (Phi) is 6.43. The Bertz CT molecular complexity index is 760. The van der Waals surface area contributed by atoms with Gasteiger partial charge in [0.1, 0.15) is 0 Å². The standard InChI is InChI=1S/C18H24ClN5OS/c1-3-13(2)20-16(25)12-26-18-22-21-17(23-10-6-7-11-23)24(18)15-9-5-4-8-14(15)19/h4-5,8-9,13H,3,6-7,10-12H2,1-2H3,(H,20,25)/t13-/m1/s1. The van der Waals surface area contributed by atoms with Crippen LogP contribution >= 0.6 is 23.4 Å². The summed E-state index contributed by atoms with van der Waals surface area (Å²) in [6, 6.07) is 7.82. The number of hydrogen-bond donors (Lipinski definition) is 1. The quantitative estimate of drug-likeness (QED) is 0.729. The number of halogens is 1. The van der Waals surface area contributed by atoms with Crippen LogP contribution in [0.2, 0.25) is 5.02 Å². The van der Waals surface area contributed by atoms with Crippen molar-refractivity contribution in [3.63, 3.8) is 0 Å². The molecule has 0 bridgehead atoms. The number of para-hydroxylation sites is 1. The van der Waals surface area contributed by atoms with Crippen molar-refractivity contribution in [2.24, 2.45) is 0 Å². The number of thioether (sulfide) groups is 1. The molecule has 0 saturated carbocycles. The number of hydrogen-bond acceptors (Lipinski definition) is 5. The Balaban J connectivity index is 1.86. The summed E-state index contributed by atoms with van der Waals surface area (Å²) in [7, 11) is 0. The smallest absolute Gasteiger partial charge is 0.232 e. The monoisotopic (exact) mass is 393 g/mol. The minimum Gasteiger partial charge on any atom is -0.353 e. The lowest BCUT2D eigenvalue weighted by molar-refractivity contribution is -0.119. The van der Waals surface area contributed by atoms with Crippen LogP contribution in [0.15, 0.2) is 29.4 Å². The predicted molar refractivity (Wildman–Crippen MR) is 106 cm³/mol. The van der Waals surface area contributed by atoms with Gasteiger partial charge in [-0.2, -0.15) is 0 Å². The zero-order chi connectivity index (χ0) is 18.5. The Morgan fingerprint density at radius 1 is 1.31 bits per heavy atom. The number of amides is 1. The molecule has 3 rings (SSSR count). The first-order valence-electron chi connectivity index (χ1n) is 8.97. The molecule has 0 spiro atoms. The van der Waals surface area contributed by atoms with Gasteiger partial charge < -0.3 is 10.2 Å². The first-order valence-corrected chi connectivity index (χ1v) is 10.3. The molecular weight excluding hydrogens is 370 g/mol. The molecule has 1 aliphatic heterocycles. The van der Waals surface area contributed by atoms with Crippen molar-refractivity contribution >= 4 is 35.2 Å². The van der Waals surface area contributed by atoms with Crippen LogP contribution < -0.4 is 10.2 Å². The van der Waals surface area contributed by atoms with E-state index in [0.717, 1.165) is 44.0 Å². The van der Waals surface area contributed by atoms with E-state index in [1.165, 1.54) is 11.8 Å². The summed E-state index contributed by atoms with van der Waals surface area (Å²) in [6.45, 7) is 5.97. The number of aromatic nitrogens is 3. The number of benzene rings is 1. The highest BCUT2D eigenvalue weighted by Gasteiger charge is 2.24. The maximum Gasteiger partial charge on any atom is 0.232 e. The number of nitrogens with one attached hydrogen (secondary N) is 1. The lowest BCUT2D eigenvalue weighted by Gasteiger charge is -2.19. The molecule has 2 heterocycles. The van der Waals surface area contributed by atoms with Gasteiger partial charge in [-0.05, 0) is 38.3 Å². The van der Waals surface area contributed by atoms with E-state index in [0.29, 0.717) is 15.9 Å². The molecule has 1 aliphatic rings. The zero-order valence-corrected chi connectivity index (χ0v) is 16.7. The topological polar surface area (TPSA) is 63.1 Å². The molecular formula is C18H24ClN5OS. The molecule has 0 unspecified atom stereocenters. The van der Waals surface area contributed by atoms with Crippen molar-refractivity contribution in [1.82, 2.24) is 20.1 Å².